The summed E-state index contributed by atoms with van der Waals surface area (Å²) in [6, 6.07) is 0.613. The van der Waals surface area contributed by atoms with E-state index in [1.807, 2.05) is 0 Å². The van der Waals surface area contributed by atoms with Gasteiger partial charge in [0, 0.05) is 12.6 Å². The van der Waals surface area contributed by atoms with Gasteiger partial charge in [0.15, 0.2) is 5.82 Å². The number of nitrogens with zero attached hydrogens (tertiary/aromatic N) is 3. The molecule has 1 aliphatic rings. The Hall–Kier alpha value is -0.940. The van der Waals surface area contributed by atoms with Crippen LogP contribution in [0.25, 0.3) is 0 Å². The molecule has 5 heteroatoms. The van der Waals surface area contributed by atoms with Crippen LogP contribution in [0.2, 0.25) is 0 Å². The molecule has 1 unspecified atom stereocenters. The normalized spacial score (nSPS) is 22.1. The van der Waals surface area contributed by atoms with Crippen LogP contribution in [0.5, 0.6) is 0 Å². The van der Waals surface area contributed by atoms with Crippen LogP contribution in [0.15, 0.2) is 10.9 Å². The molecule has 1 fully saturated rings. The van der Waals surface area contributed by atoms with E-state index < -0.39 is 0 Å². The predicted octanol–water partition coefficient (Wildman–Crippen LogP) is 0.643. The molecule has 5 nitrogen and oxygen atoms in total. The SMILES string of the molecule is CCN(Cc1ncon1)C1CCCNC1. The molecule has 15 heavy (non-hydrogen) atoms. The summed E-state index contributed by atoms with van der Waals surface area (Å²) in [5.41, 5.74) is 0. The van der Waals surface area contributed by atoms with Gasteiger partial charge in [-0.3, -0.25) is 4.90 Å². The lowest BCUT2D eigenvalue weighted by molar-refractivity contribution is 0.161. The number of piperidine rings is 1. The Morgan fingerprint density at radius 3 is 3.20 bits per heavy atom. The minimum Gasteiger partial charge on any atom is -0.343 e. The quantitative estimate of drug-likeness (QED) is 0.790. The Balaban J connectivity index is 1.91. The lowest BCUT2D eigenvalue weighted by Crippen LogP contribution is -2.45. The second kappa shape index (κ2) is 5.23. The van der Waals surface area contributed by atoms with Gasteiger partial charge in [-0.25, -0.2) is 0 Å². The maximum atomic E-state index is 4.74. The van der Waals surface area contributed by atoms with Crippen molar-refractivity contribution in [1.82, 2.24) is 20.4 Å². The van der Waals surface area contributed by atoms with E-state index in [1.54, 1.807) is 0 Å². The molecule has 1 aromatic rings. The average molecular weight is 210 g/mol. The maximum Gasteiger partial charge on any atom is 0.213 e. The van der Waals surface area contributed by atoms with Crippen LogP contribution in [-0.4, -0.2) is 40.7 Å². The zero-order valence-electron chi connectivity index (χ0n) is 9.15. The fourth-order valence-corrected chi connectivity index (χ4v) is 2.09. The van der Waals surface area contributed by atoms with E-state index in [4.69, 9.17) is 4.52 Å². The summed E-state index contributed by atoms with van der Waals surface area (Å²) in [4.78, 5) is 6.46. The Kier molecular flexibility index (Phi) is 3.69. The molecule has 0 radical (unpaired) electrons. The van der Waals surface area contributed by atoms with Crippen molar-refractivity contribution in [3.05, 3.63) is 12.2 Å². The van der Waals surface area contributed by atoms with Crippen molar-refractivity contribution in [1.29, 1.82) is 0 Å². The fraction of sp³-hybridized carbons (Fsp3) is 0.800. The van der Waals surface area contributed by atoms with E-state index in [1.165, 1.54) is 19.2 Å². The Morgan fingerprint density at radius 1 is 1.67 bits per heavy atom. The highest BCUT2D eigenvalue weighted by Gasteiger charge is 2.20. The molecular weight excluding hydrogens is 192 g/mol. The summed E-state index contributed by atoms with van der Waals surface area (Å²) in [6.07, 6.45) is 3.91. The first-order valence-corrected chi connectivity index (χ1v) is 5.60. The van der Waals surface area contributed by atoms with Crippen LogP contribution in [0.3, 0.4) is 0 Å². The lowest BCUT2D eigenvalue weighted by atomic mass is 10.1. The van der Waals surface area contributed by atoms with E-state index in [9.17, 15) is 0 Å². The molecular formula is C10H18N4O. The van der Waals surface area contributed by atoms with Crippen molar-refractivity contribution in [2.75, 3.05) is 19.6 Å². The van der Waals surface area contributed by atoms with E-state index in [0.29, 0.717) is 6.04 Å². The van der Waals surface area contributed by atoms with Crippen LogP contribution < -0.4 is 5.32 Å². The lowest BCUT2D eigenvalue weighted by Gasteiger charge is -2.32. The molecule has 0 amide bonds. The Morgan fingerprint density at radius 2 is 2.60 bits per heavy atom. The smallest absolute Gasteiger partial charge is 0.213 e. The zero-order valence-corrected chi connectivity index (χ0v) is 9.15. The van der Waals surface area contributed by atoms with Gasteiger partial charge >= 0.3 is 0 Å². The fourth-order valence-electron chi connectivity index (χ4n) is 2.09. The molecule has 1 atom stereocenters. The van der Waals surface area contributed by atoms with Crippen molar-refractivity contribution in [2.45, 2.75) is 32.4 Å². The number of likely N-dealkylation sites (N-methyl/N-ethyl adjacent to an activating group) is 1. The van der Waals surface area contributed by atoms with E-state index in [2.05, 4.69) is 27.3 Å². The summed E-state index contributed by atoms with van der Waals surface area (Å²) in [7, 11) is 0. The van der Waals surface area contributed by atoms with Gasteiger partial charge in [0.05, 0.1) is 6.54 Å². The standard InChI is InChI=1S/C10H18N4O/c1-2-14(7-10-12-8-15-13-10)9-4-3-5-11-6-9/h8-9,11H,2-7H2,1H3. The van der Waals surface area contributed by atoms with Gasteiger partial charge in [-0.15, -0.1) is 0 Å². The summed E-state index contributed by atoms with van der Waals surface area (Å²) in [5, 5.41) is 7.27. The zero-order chi connectivity index (χ0) is 10.5. The number of nitrogens with one attached hydrogen (secondary N) is 1. The van der Waals surface area contributed by atoms with Gasteiger partial charge in [-0.05, 0) is 25.9 Å². The van der Waals surface area contributed by atoms with Gasteiger partial charge < -0.3 is 9.84 Å². The molecule has 0 aliphatic carbocycles. The highest BCUT2D eigenvalue weighted by Crippen LogP contribution is 2.12. The van der Waals surface area contributed by atoms with Gasteiger partial charge in [-0.1, -0.05) is 12.1 Å². The van der Waals surface area contributed by atoms with Crippen LogP contribution in [0.4, 0.5) is 0 Å². The first-order chi connectivity index (χ1) is 7.40. The van der Waals surface area contributed by atoms with Crippen molar-refractivity contribution in [2.24, 2.45) is 0 Å². The third-order valence-corrected chi connectivity index (χ3v) is 2.94. The summed E-state index contributed by atoms with van der Waals surface area (Å²) < 4.78 is 4.74. The summed E-state index contributed by atoms with van der Waals surface area (Å²) in [5.74, 6) is 0.780. The topological polar surface area (TPSA) is 54.2 Å². The minimum atomic E-state index is 0.613. The molecule has 2 heterocycles. The highest BCUT2D eigenvalue weighted by molar-refractivity contribution is 4.83. The van der Waals surface area contributed by atoms with Crippen LogP contribution in [-0.2, 0) is 6.54 Å². The van der Waals surface area contributed by atoms with Crippen LogP contribution >= 0.6 is 0 Å². The average Bonchev–Trinajstić information content (AvgIpc) is 2.80. The van der Waals surface area contributed by atoms with Crippen LogP contribution in [0, 0.1) is 0 Å². The molecule has 84 valence electrons. The Bertz CT molecular complexity index is 269. The monoisotopic (exact) mass is 210 g/mol. The van der Waals surface area contributed by atoms with Crippen molar-refractivity contribution in [3.63, 3.8) is 0 Å². The second-order valence-corrected chi connectivity index (χ2v) is 3.91. The van der Waals surface area contributed by atoms with Gasteiger partial charge in [0.1, 0.15) is 0 Å². The highest BCUT2D eigenvalue weighted by atomic mass is 16.5. The molecule has 0 aromatic carbocycles. The number of aromatic nitrogens is 2. The van der Waals surface area contributed by atoms with Gasteiger partial charge in [0.2, 0.25) is 6.39 Å². The molecule has 2 rings (SSSR count). The van der Waals surface area contributed by atoms with Gasteiger partial charge in [-0.2, -0.15) is 4.98 Å². The van der Waals surface area contributed by atoms with E-state index in [0.717, 1.165) is 32.0 Å². The molecule has 0 saturated carbocycles. The third kappa shape index (κ3) is 2.76. The van der Waals surface area contributed by atoms with Crippen molar-refractivity contribution < 1.29 is 4.52 Å². The van der Waals surface area contributed by atoms with Crippen LogP contribution in [0.1, 0.15) is 25.6 Å². The number of hydrogen-bond acceptors (Lipinski definition) is 5. The van der Waals surface area contributed by atoms with Crippen molar-refractivity contribution >= 4 is 0 Å². The Labute approximate surface area is 89.8 Å². The van der Waals surface area contributed by atoms with E-state index in [-0.39, 0.29) is 0 Å². The third-order valence-electron chi connectivity index (χ3n) is 2.94. The summed E-state index contributed by atoms with van der Waals surface area (Å²) in [6.45, 7) is 6.22. The maximum absolute atomic E-state index is 4.74. The molecule has 0 spiro atoms. The van der Waals surface area contributed by atoms with Crippen molar-refractivity contribution in [3.8, 4) is 0 Å². The largest absolute Gasteiger partial charge is 0.343 e. The first kappa shape index (κ1) is 10.6. The minimum absolute atomic E-state index is 0.613. The van der Waals surface area contributed by atoms with E-state index >= 15 is 0 Å². The summed E-state index contributed by atoms with van der Waals surface area (Å²) >= 11 is 0. The predicted molar refractivity (Wildman–Crippen MR) is 56.3 cm³/mol. The number of hydrogen-bond donors (Lipinski definition) is 1. The molecule has 1 aromatic heterocycles. The molecule has 1 saturated heterocycles. The molecule has 1 aliphatic heterocycles. The number of rotatable bonds is 4. The van der Waals surface area contributed by atoms with Gasteiger partial charge in [0.25, 0.3) is 0 Å². The molecule has 1 N–H and O–H groups in total. The molecule has 0 bridgehead atoms. The second-order valence-electron chi connectivity index (χ2n) is 3.91. The first-order valence-electron chi connectivity index (χ1n) is 5.60.